The number of fused-ring (bicyclic) bond motifs is 1. The zero-order valence-corrected chi connectivity index (χ0v) is 17.6. The van der Waals surface area contributed by atoms with Crippen LogP contribution in [0.25, 0.3) is 11.0 Å². The van der Waals surface area contributed by atoms with Crippen LogP contribution in [0.3, 0.4) is 0 Å². The molecule has 0 fully saturated rings. The quantitative estimate of drug-likeness (QED) is 0.470. The molecule has 0 aliphatic heterocycles. The van der Waals surface area contributed by atoms with Gasteiger partial charge in [0.2, 0.25) is 5.91 Å². The maximum absolute atomic E-state index is 12.7. The number of nitrogens with one attached hydrogen (secondary N) is 1. The van der Waals surface area contributed by atoms with Crippen molar-refractivity contribution in [1.29, 1.82) is 0 Å². The topological polar surface area (TPSA) is 108 Å². The normalized spacial score (nSPS) is 11.1. The average Bonchev–Trinajstić information content (AvgIpc) is 3.27. The Morgan fingerprint density at radius 2 is 2.18 bits per heavy atom. The van der Waals surface area contributed by atoms with E-state index in [0.717, 1.165) is 9.24 Å². The number of amides is 1. The van der Waals surface area contributed by atoms with E-state index in [1.54, 1.807) is 18.6 Å². The van der Waals surface area contributed by atoms with Crippen LogP contribution in [-0.4, -0.2) is 35.4 Å². The molecule has 4 aromatic rings. The van der Waals surface area contributed by atoms with Crippen molar-refractivity contribution in [3.05, 3.63) is 51.1 Å². The molecule has 0 unspecified atom stereocenters. The molecule has 0 atom stereocenters. The second-order valence-corrected chi connectivity index (χ2v) is 8.52. The van der Waals surface area contributed by atoms with E-state index in [1.807, 2.05) is 18.2 Å². The molecule has 9 nitrogen and oxygen atoms in total. The molecule has 4 rings (SSSR count). The summed E-state index contributed by atoms with van der Waals surface area (Å²) in [6.07, 6.45) is 1.35. The standard InChI is InChI=1S/C16H12BrN7O2S2/c1-23-14-12(13(17)22-23)15(26)24(7-18-14)6-11(25)20-9-4-2-3-5-10(9)28-16-21-19-8-27-16/h2-5,7-8H,6H2,1H3,(H,20,25). The van der Waals surface area contributed by atoms with Crippen LogP contribution >= 0.6 is 39.0 Å². The number of carbonyl (C=O) groups excluding carboxylic acids is 1. The van der Waals surface area contributed by atoms with Gasteiger partial charge in [-0.1, -0.05) is 35.2 Å². The molecule has 1 amide bonds. The Bertz CT molecular complexity index is 1220. The summed E-state index contributed by atoms with van der Waals surface area (Å²) in [5.41, 5.74) is 2.40. The van der Waals surface area contributed by atoms with Crippen LogP contribution in [0.2, 0.25) is 0 Å². The summed E-state index contributed by atoms with van der Waals surface area (Å²) in [5.74, 6) is -0.339. The number of nitrogens with zero attached hydrogens (tertiary/aromatic N) is 6. The first-order valence-electron chi connectivity index (χ1n) is 7.93. The minimum Gasteiger partial charge on any atom is -0.323 e. The number of rotatable bonds is 5. The predicted molar refractivity (Wildman–Crippen MR) is 110 cm³/mol. The van der Waals surface area contributed by atoms with Gasteiger partial charge in [0.15, 0.2) is 9.99 Å². The van der Waals surface area contributed by atoms with Crippen LogP contribution in [0.4, 0.5) is 5.69 Å². The van der Waals surface area contributed by atoms with E-state index in [1.165, 1.54) is 38.7 Å². The lowest BCUT2D eigenvalue weighted by Gasteiger charge is -2.10. The van der Waals surface area contributed by atoms with Crippen molar-refractivity contribution >= 4 is 61.7 Å². The third-order valence-corrected chi connectivity index (χ3v) is 6.19. The van der Waals surface area contributed by atoms with Crippen LogP contribution in [0.5, 0.6) is 0 Å². The molecule has 1 aromatic carbocycles. The maximum atomic E-state index is 12.7. The molecule has 1 N–H and O–H groups in total. The zero-order valence-electron chi connectivity index (χ0n) is 14.4. The van der Waals surface area contributed by atoms with Gasteiger partial charge in [-0.2, -0.15) is 5.10 Å². The van der Waals surface area contributed by atoms with E-state index in [9.17, 15) is 9.59 Å². The summed E-state index contributed by atoms with van der Waals surface area (Å²) < 4.78 is 3.93. The van der Waals surface area contributed by atoms with E-state index >= 15 is 0 Å². The highest BCUT2D eigenvalue weighted by atomic mass is 79.9. The molecule has 28 heavy (non-hydrogen) atoms. The summed E-state index contributed by atoms with van der Waals surface area (Å²) in [5, 5.41) is 15.1. The van der Waals surface area contributed by atoms with Crippen LogP contribution in [0.1, 0.15) is 0 Å². The van der Waals surface area contributed by atoms with Crippen molar-refractivity contribution in [2.24, 2.45) is 7.05 Å². The zero-order chi connectivity index (χ0) is 19.7. The maximum Gasteiger partial charge on any atom is 0.266 e. The van der Waals surface area contributed by atoms with Crippen molar-refractivity contribution in [2.45, 2.75) is 15.8 Å². The first-order valence-corrected chi connectivity index (χ1v) is 10.4. The highest BCUT2D eigenvalue weighted by molar-refractivity contribution is 9.10. The van der Waals surface area contributed by atoms with Crippen molar-refractivity contribution in [2.75, 3.05) is 5.32 Å². The van der Waals surface area contributed by atoms with Crippen molar-refractivity contribution < 1.29 is 4.79 Å². The minimum absolute atomic E-state index is 0.166. The SMILES string of the molecule is Cn1nc(Br)c2c(=O)n(CC(=O)Nc3ccccc3Sc3nncs3)cnc21. The lowest BCUT2D eigenvalue weighted by molar-refractivity contribution is -0.116. The molecule has 142 valence electrons. The number of aromatic nitrogens is 6. The highest BCUT2D eigenvalue weighted by Crippen LogP contribution is 2.33. The van der Waals surface area contributed by atoms with Gasteiger partial charge >= 0.3 is 0 Å². The molecule has 0 aliphatic rings. The van der Waals surface area contributed by atoms with E-state index < -0.39 is 0 Å². The van der Waals surface area contributed by atoms with E-state index in [0.29, 0.717) is 21.3 Å². The molecule has 0 bridgehead atoms. The van der Waals surface area contributed by atoms with E-state index in [-0.39, 0.29) is 18.0 Å². The largest absolute Gasteiger partial charge is 0.323 e. The van der Waals surface area contributed by atoms with Gasteiger partial charge in [0.1, 0.15) is 28.4 Å². The monoisotopic (exact) mass is 477 g/mol. The van der Waals surface area contributed by atoms with Crippen LogP contribution in [0.15, 0.2) is 54.7 Å². The Kier molecular flexibility index (Phi) is 5.24. The molecular weight excluding hydrogens is 466 g/mol. The number of hydrogen-bond donors (Lipinski definition) is 1. The van der Waals surface area contributed by atoms with Crippen molar-refractivity contribution in [3.8, 4) is 0 Å². The smallest absolute Gasteiger partial charge is 0.266 e. The number of hydrogen-bond acceptors (Lipinski definition) is 8. The van der Waals surface area contributed by atoms with Gasteiger partial charge < -0.3 is 5.32 Å². The fourth-order valence-electron chi connectivity index (χ4n) is 2.55. The summed E-state index contributed by atoms with van der Waals surface area (Å²) in [7, 11) is 1.70. The highest BCUT2D eigenvalue weighted by Gasteiger charge is 2.16. The molecule has 12 heteroatoms. The average molecular weight is 478 g/mol. The second kappa shape index (κ2) is 7.81. The first kappa shape index (κ1) is 18.8. The lowest BCUT2D eigenvalue weighted by Crippen LogP contribution is -2.28. The number of para-hydroxylation sites is 1. The third-order valence-electron chi connectivity index (χ3n) is 3.78. The van der Waals surface area contributed by atoms with Gasteiger partial charge in [0.05, 0.1) is 5.69 Å². The van der Waals surface area contributed by atoms with Gasteiger partial charge in [-0.25, -0.2) is 9.67 Å². The number of carbonyl (C=O) groups is 1. The van der Waals surface area contributed by atoms with E-state index in [2.05, 4.69) is 41.5 Å². The molecule has 0 saturated heterocycles. The molecular formula is C16H12BrN7O2S2. The van der Waals surface area contributed by atoms with E-state index in [4.69, 9.17) is 0 Å². The lowest BCUT2D eigenvalue weighted by atomic mass is 10.3. The molecule has 3 aromatic heterocycles. The Labute approximate surface area is 174 Å². The van der Waals surface area contributed by atoms with Crippen LogP contribution in [0, 0.1) is 0 Å². The van der Waals surface area contributed by atoms with Gasteiger partial charge in [-0.3, -0.25) is 14.2 Å². The predicted octanol–water partition coefficient (Wildman–Crippen LogP) is 2.53. The van der Waals surface area contributed by atoms with Crippen LogP contribution < -0.4 is 10.9 Å². The molecule has 0 spiro atoms. The fourth-order valence-corrected chi connectivity index (χ4v) is 4.66. The number of halogens is 1. The summed E-state index contributed by atoms with van der Waals surface area (Å²) in [4.78, 5) is 30.3. The minimum atomic E-state index is -0.339. The van der Waals surface area contributed by atoms with Crippen molar-refractivity contribution in [1.82, 2.24) is 29.5 Å². The Balaban J connectivity index is 1.56. The number of benzene rings is 1. The van der Waals surface area contributed by atoms with Gasteiger partial charge in [-0.15, -0.1) is 10.2 Å². The first-order chi connectivity index (χ1) is 13.5. The fraction of sp³-hybridized carbons (Fsp3) is 0.125. The Hall–Kier alpha value is -2.57. The van der Waals surface area contributed by atoms with Crippen LogP contribution in [-0.2, 0) is 18.4 Å². The van der Waals surface area contributed by atoms with Gasteiger partial charge in [0.25, 0.3) is 5.56 Å². The Morgan fingerprint density at radius 1 is 1.36 bits per heavy atom. The Morgan fingerprint density at radius 3 is 2.96 bits per heavy atom. The molecule has 0 saturated carbocycles. The van der Waals surface area contributed by atoms with Gasteiger partial charge in [-0.05, 0) is 28.1 Å². The number of aryl methyl sites for hydroxylation is 1. The molecule has 0 aliphatic carbocycles. The van der Waals surface area contributed by atoms with Gasteiger partial charge in [0, 0.05) is 11.9 Å². The number of anilines is 1. The molecule has 3 heterocycles. The summed E-state index contributed by atoms with van der Waals surface area (Å²) in [6.45, 7) is -0.166. The summed E-state index contributed by atoms with van der Waals surface area (Å²) >= 11 is 6.09. The second-order valence-electron chi connectivity index (χ2n) is 5.64. The summed E-state index contributed by atoms with van der Waals surface area (Å²) in [6, 6.07) is 7.38. The molecule has 0 radical (unpaired) electrons. The third kappa shape index (κ3) is 3.70. The van der Waals surface area contributed by atoms with Crippen molar-refractivity contribution in [3.63, 3.8) is 0 Å².